The van der Waals surface area contributed by atoms with E-state index in [1.165, 1.54) is 7.11 Å². The van der Waals surface area contributed by atoms with Crippen LogP contribution in [0.4, 0.5) is 5.82 Å². The number of fused-ring (bicyclic) bond motifs is 1. The molecule has 126 valence electrons. The Balaban J connectivity index is 1.63. The lowest BCUT2D eigenvalue weighted by atomic mass is 9.81. The average molecular weight is 347 g/mol. The highest BCUT2D eigenvalue weighted by molar-refractivity contribution is 6.31. The number of carbonyl (C=O) groups is 2. The van der Waals surface area contributed by atoms with Crippen LogP contribution in [-0.4, -0.2) is 24.0 Å². The van der Waals surface area contributed by atoms with Gasteiger partial charge in [-0.05, 0) is 56.0 Å². The predicted octanol–water partition coefficient (Wildman–Crippen LogP) is 3.81. The van der Waals surface area contributed by atoms with Gasteiger partial charge < -0.3 is 10.1 Å². The van der Waals surface area contributed by atoms with E-state index in [-0.39, 0.29) is 23.7 Å². The van der Waals surface area contributed by atoms with Gasteiger partial charge in [0.1, 0.15) is 5.82 Å². The van der Waals surface area contributed by atoms with Crippen LogP contribution in [0.2, 0.25) is 5.02 Å². The highest BCUT2D eigenvalue weighted by Crippen LogP contribution is 2.30. The molecule has 6 heteroatoms. The lowest BCUT2D eigenvalue weighted by Crippen LogP contribution is -2.30. The molecule has 1 N–H and O–H groups in total. The van der Waals surface area contributed by atoms with Crippen molar-refractivity contribution in [2.75, 3.05) is 12.4 Å². The molecule has 1 aliphatic carbocycles. The number of nitrogens with one attached hydrogen (secondary N) is 1. The van der Waals surface area contributed by atoms with Crippen molar-refractivity contribution in [2.24, 2.45) is 11.8 Å². The van der Waals surface area contributed by atoms with Gasteiger partial charge in [-0.1, -0.05) is 11.6 Å². The Morgan fingerprint density at radius 2 is 1.83 bits per heavy atom. The molecule has 1 fully saturated rings. The maximum atomic E-state index is 12.4. The first kappa shape index (κ1) is 16.7. The summed E-state index contributed by atoms with van der Waals surface area (Å²) in [6.45, 7) is 0. The minimum Gasteiger partial charge on any atom is -0.469 e. The van der Waals surface area contributed by atoms with Gasteiger partial charge in [-0.25, -0.2) is 4.98 Å². The van der Waals surface area contributed by atoms with Gasteiger partial charge in [-0.3, -0.25) is 9.59 Å². The molecule has 0 radical (unpaired) electrons. The van der Waals surface area contributed by atoms with E-state index >= 15 is 0 Å². The Morgan fingerprint density at radius 3 is 2.54 bits per heavy atom. The molecule has 0 spiro atoms. The molecule has 24 heavy (non-hydrogen) atoms. The number of methoxy groups -OCH3 is 1. The van der Waals surface area contributed by atoms with Gasteiger partial charge in [0.25, 0.3) is 0 Å². The SMILES string of the molecule is COC(=O)[C@H]1CC[C@H](C(=O)Nc2ccc3cc(Cl)ccc3n2)CC1. The van der Waals surface area contributed by atoms with Crippen molar-refractivity contribution in [3.63, 3.8) is 0 Å². The molecule has 2 aromatic rings. The first-order valence-electron chi connectivity index (χ1n) is 8.02. The third-order valence-corrected chi connectivity index (χ3v) is 4.77. The number of ether oxygens (including phenoxy) is 1. The summed E-state index contributed by atoms with van der Waals surface area (Å²) in [5, 5.41) is 4.46. The maximum Gasteiger partial charge on any atom is 0.308 e. The van der Waals surface area contributed by atoms with Gasteiger partial charge in [-0.15, -0.1) is 0 Å². The van der Waals surface area contributed by atoms with Crippen molar-refractivity contribution in [3.8, 4) is 0 Å². The van der Waals surface area contributed by atoms with Crippen molar-refractivity contribution >= 4 is 40.2 Å². The second-order valence-corrected chi connectivity index (χ2v) is 6.53. The lowest BCUT2D eigenvalue weighted by Gasteiger charge is -2.25. The summed E-state index contributed by atoms with van der Waals surface area (Å²) >= 11 is 5.96. The fourth-order valence-corrected chi connectivity index (χ4v) is 3.33. The van der Waals surface area contributed by atoms with E-state index in [0.717, 1.165) is 10.9 Å². The number of amides is 1. The number of rotatable bonds is 3. The van der Waals surface area contributed by atoms with Gasteiger partial charge in [0.15, 0.2) is 0 Å². The molecule has 1 aliphatic rings. The van der Waals surface area contributed by atoms with Crippen LogP contribution in [0.25, 0.3) is 10.9 Å². The Kier molecular flexibility index (Phi) is 5.00. The van der Waals surface area contributed by atoms with Crippen LogP contribution in [0, 0.1) is 11.8 Å². The van der Waals surface area contributed by atoms with Crippen LogP contribution >= 0.6 is 11.6 Å². The minimum atomic E-state index is -0.177. The highest BCUT2D eigenvalue weighted by Gasteiger charge is 2.30. The van der Waals surface area contributed by atoms with Crippen LogP contribution in [0.15, 0.2) is 30.3 Å². The number of nitrogens with zero attached hydrogens (tertiary/aromatic N) is 1. The first-order chi connectivity index (χ1) is 11.6. The van der Waals surface area contributed by atoms with Crippen molar-refractivity contribution in [1.82, 2.24) is 4.98 Å². The summed E-state index contributed by atoms with van der Waals surface area (Å²) < 4.78 is 4.77. The smallest absolute Gasteiger partial charge is 0.308 e. The average Bonchev–Trinajstić information content (AvgIpc) is 2.61. The molecule has 0 aliphatic heterocycles. The van der Waals surface area contributed by atoms with Crippen LogP contribution in [0.3, 0.4) is 0 Å². The summed E-state index contributed by atoms with van der Waals surface area (Å²) in [6, 6.07) is 9.10. The van der Waals surface area contributed by atoms with Gasteiger partial charge in [-0.2, -0.15) is 0 Å². The molecule has 0 atom stereocenters. The first-order valence-corrected chi connectivity index (χ1v) is 8.39. The van der Waals surface area contributed by atoms with Crippen LogP contribution in [0.1, 0.15) is 25.7 Å². The molecule has 3 rings (SSSR count). The summed E-state index contributed by atoms with van der Waals surface area (Å²) in [6.07, 6.45) is 2.76. The normalized spacial score (nSPS) is 20.6. The zero-order valence-electron chi connectivity index (χ0n) is 13.4. The lowest BCUT2D eigenvalue weighted by molar-refractivity contribution is -0.147. The second kappa shape index (κ2) is 7.18. The fourth-order valence-electron chi connectivity index (χ4n) is 3.15. The van der Waals surface area contributed by atoms with Gasteiger partial charge in [0.2, 0.25) is 5.91 Å². The summed E-state index contributed by atoms with van der Waals surface area (Å²) in [5.41, 5.74) is 0.784. The summed E-state index contributed by atoms with van der Waals surface area (Å²) in [7, 11) is 1.40. The van der Waals surface area contributed by atoms with E-state index < -0.39 is 0 Å². The third kappa shape index (κ3) is 3.67. The van der Waals surface area contributed by atoms with Crippen molar-refractivity contribution in [2.45, 2.75) is 25.7 Å². The van der Waals surface area contributed by atoms with E-state index in [1.807, 2.05) is 18.2 Å². The summed E-state index contributed by atoms with van der Waals surface area (Å²) in [4.78, 5) is 28.4. The molecular weight excluding hydrogens is 328 g/mol. The molecule has 1 heterocycles. The molecule has 1 amide bonds. The van der Waals surface area contributed by atoms with Crippen LogP contribution in [0.5, 0.6) is 0 Å². The van der Waals surface area contributed by atoms with E-state index in [0.29, 0.717) is 36.5 Å². The van der Waals surface area contributed by atoms with Crippen LogP contribution in [-0.2, 0) is 14.3 Å². The number of halogens is 1. The number of anilines is 1. The molecule has 0 saturated heterocycles. The topological polar surface area (TPSA) is 68.3 Å². The number of hydrogen-bond acceptors (Lipinski definition) is 4. The zero-order valence-corrected chi connectivity index (χ0v) is 14.2. The Morgan fingerprint density at radius 1 is 1.12 bits per heavy atom. The van der Waals surface area contributed by atoms with E-state index in [2.05, 4.69) is 10.3 Å². The van der Waals surface area contributed by atoms with Gasteiger partial charge in [0.05, 0.1) is 18.5 Å². The number of carbonyl (C=O) groups excluding carboxylic acids is 2. The Bertz CT molecular complexity index is 770. The van der Waals surface area contributed by atoms with E-state index in [9.17, 15) is 9.59 Å². The fraction of sp³-hybridized carbons (Fsp3) is 0.389. The number of benzene rings is 1. The number of hydrogen-bond donors (Lipinski definition) is 1. The molecule has 1 saturated carbocycles. The number of aromatic nitrogens is 1. The second-order valence-electron chi connectivity index (χ2n) is 6.09. The Labute approximate surface area is 145 Å². The predicted molar refractivity (Wildman–Crippen MR) is 92.8 cm³/mol. The molecular formula is C18H19ClN2O3. The number of esters is 1. The molecule has 0 bridgehead atoms. The minimum absolute atomic E-state index is 0.0425. The maximum absolute atomic E-state index is 12.4. The van der Waals surface area contributed by atoms with Crippen LogP contribution < -0.4 is 5.32 Å². The quantitative estimate of drug-likeness (QED) is 0.858. The third-order valence-electron chi connectivity index (χ3n) is 4.54. The van der Waals surface area contributed by atoms with Crippen molar-refractivity contribution < 1.29 is 14.3 Å². The molecule has 5 nitrogen and oxygen atoms in total. The van der Waals surface area contributed by atoms with Gasteiger partial charge >= 0.3 is 5.97 Å². The standard InChI is InChI=1S/C18H19ClN2O3/c1-24-18(23)12-4-2-11(3-5-12)17(22)21-16-9-6-13-10-14(19)7-8-15(13)20-16/h6-12H,2-5H2,1H3,(H,20,21,22)/t11-,12-. The highest BCUT2D eigenvalue weighted by atomic mass is 35.5. The molecule has 1 aromatic carbocycles. The number of pyridine rings is 1. The van der Waals surface area contributed by atoms with E-state index in [1.54, 1.807) is 12.1 Å². The largest absolute Gasteiger partial charge is 0.469 e. The monoisotopic (exact) mass is 346 g/mol. The van der Waals surface area contributed by atoms with Gasteiger partial charge in [0, 0.05) is 16.3 Å². The molecule has 1 aromatic heterocycles. The molecule has 0 unspecified atom stereocenters. The van der Waals surface area contributed by atoms with Crippen molar-refractivity contribution in [3.05, 3.63) is 35.4 Å². The Hall–Kier alpha value is -2.14. The summed E-state index contributed by atoms with van der Waals surface area (Å²) in [5.74, 6) is 0.143. The van der Waals surface area contributed by atoms with E-state index in [4.69, 9.17) is 16.3 Å². The van der Waals surface area contributed by atoms with Crippen molar-refractivity contribution in [1.29, 1.82) is 0 Å². The zero-order chi connectivity index (χ0) is 17.1.